The number of ether oxygens (including phenoxy) is 3. The van der Waals surface area contributed by atoms with Gasteiger partial charge >= 0.3 is 0 Å². The molecule has 1 saturated heterocycles. The van der Waals surface area contributed by atoms with Crippen molar-refractivity contribution in [1.29, 1.82) is 0 Å². The molecule has 24 heavy (non-hydrogen) atoms. The average molecular weight is 331 g/mol. The summed E-state index contributed by atoms with van der Waals surface area (Å²) < 4.78 is 17.4. The lowest BCUT2D eigenvalue weighted by atomic mass is 10.0. The minimum atomic E-state index is -0.319. The zero-order valence-corrected chi connectivity index (χ0v) is 14.2. The van der Waals surface area contributed by atoms with Crippen LogP contribution in [0, 0.1) is 0 Å². The van der Waals surface area contributed by atoms with Gasteiger partial charge in [0, 0.05) is 18.6 Å². The van der Waals surface area contributed by atoms with E-state index in [4.69, 9.17) is 19.0 Å². The van der Waals surface area contributed by atoms with E-state index in [1.54, 1.807) is 0 Å². The van der Waals surface area contributed by atoms with E-state index < -0.39 is 0 Å². The van der Waals surface area contributed by atoms with E-state index in [0.717, 1.165) is 48.6 Å². The van der Waals surface area contributed by atoms with Crippen molar-refractivity contribution in [3.63, 3.8) is 0 Å². The van der Waals surface area contributed by atoms with Crippen LogP contribution < -0.4 is 15.0 Å². The summed E-state index contributed by atoms with van der Waals surface area (Å²) in [4.78, 5) is 5.78. The normalized spacial score (nSPS) is 26.6. The third-order valence-corrected chi connectivity index (χ3v) is 4.94. The Hall–Kier alpha value is -1.72. The summed E-state index contributed by atoms with van der Waals surface area (Å²) in [6, 6.07) is 6.09. The maximum Gasteiger partial charge on any atom is 0.162 e. The highest BCUT2D eigenvalue weighted by atomic mass is 16.7. The van der Waals surface area contributed by atoms with E-state index in [9.17, 15) is 0 Å². The van der Waals surface area contributed by atoms with Crippen molar-refractivity contribution in [1.82, 2.24) is 5.48 Å². The summed E-state index contributed by atoms with van der Waals surface area (Å²) in [5, 5.41) is 0. The SMILES string of the molecule is CCOc1ccc(C2=CC3(CCOC3)ON2)cc1OC1CCCC1. The standard InChI is InChI=1S/C19H25NO4/c1-2-22-17-8-7-14(11-18(17)23-15-5-3-4-6-15)16-12-19(24-20-16)9-10-21-13-19/h7-8,11-12,15,20H,2-6,9-10,13H2,1H3. The van der Waals surface area contributed by atoms with Gasteiger partial charge in [-0.25, -0.2) is 0 Å². The van der Waals surface area contributed by atoms with E-state index in [2.05, 4.69) is 17.6 Å². The van der Waals surface area contributed by atoms with E-state index in [1.807, 2.05) is 19.1 Å². The van der Waals surface area contributed by atoms with Crippen LogP contribution in [-0.2, 0) is 9.57 Å². The first kappa shape index (κ1) is 15.8. The summed E-state index contributed by atoms with van der Waals surface area (Å²) >= 11 is 0. The number of nitrogens with one attached hydrogen (secondary N) is 1. The Morgan fingerprint density at radius 3 is 2.88 bits per heavy atom. The zero-order chi connectivity index (χ0) is 16.4. The third-order valence-electron chi connectivity index (χ3n) is 4.94. The first-order valence-electron chi connectivity index (χ1n) is 8.96. The number of hydrogen-bond acceptors (Lipinski definition) is 5. The summed E-state index contributed by atoms with van der Waals surface area (Å²) in [5.74, 6) is 1.64. The molecule has 0 aromatic heterocycles. The second kappa shape index (κ2) is 6.65. The summed E-state index contributed by atoms with van der Waals surface area (Å²) in [5.41, 5.74) is 4.77. The summed E-state index contributed by atoms with van der Waals surface area (Å²) in [6.07, 6.45) is 8.06. The van der Waals surface area contributed by atoms with Crippen LogP contribution in [0.15, 0.2) is 24.3 Å². The predicted molar refractivity (Wildman–Crippen MR) is 90.9 cm³/mol. The van der Waals surface area contributed by atoms with Crippen LogP contribution in [0.5, 0.6) is 11.5 Å². The number of rotatable bonds is 5. The first-order chi connectivity index (χ1) is 11.8. The molecule has 1 unspecified atom stereocenters. The van der Waals surface area contributed by atoms with E-state index in [-0.39, 0.29) is 5.60 Å². The molecular formula is C19H25NO4. The molecule has 1 atom stereocenters. The van der Waals surface area contributed by atoms with Crippen LogP contribution in [-0.4, -0.2) is 31.5 Å². The van der Waals surface area contributed by atoms with Crippen LogP contribution >= 0.6 is 0 Å². The van der Waals surface area contributed by atoms with Crippen molar-refractivity contribution in [2.24, 2.45) is 0 Å². The Balaban J connectivity index is 1.59. The van der Waals surface area contributed by atoms with Gasteiger partial charge in [0.2, 0.25) is 0 Å². The highest BCUT2D eigenvalue weighted by Crippen LogP contribution is 2.37. The van der Waals surface area contributed by atoms with Gasteiger partial charge in [0.15, 0.2) is 11.5 Å². The fourth-order valence-electron chi connectivity index (χ4n) is 3.61. The van der Waals surface area contributed by atoms with E-state index >= 15 is 0 Å². The quantitative estimate of drug-likeness (QED) is 0.895. The van der Waals surface area contributed by atoms with Gasteiger partial charge in [0.05, 0.1) is 25.0 Å². The van der Waals surface area contributed by atoms with Crippen molar-refractivity contribution >= 4 is 5.70 Å². The number of benzene rings is 1. The minimum absolute atomic E-state index is 0.302. The molecule has 130 valence electrons. The van der Waals surface area contributed by atoms with Gasteiger partial charge < -0.3 is 14.2 Å². The van der Waals surface area contributed by atoms with Crippen LogP contribution in [0.4, 0.5) is 0 Å². The monoisotopic (exact) mass is 331 g/mol. The molecule has 1 aliphatic carbocycles. The molecule has 1 spiro atoms. The molecule has 1 aromatic carbocycles. The van der Waals surface area contributed by atoms with Crippen molar-refractivity contribution in [2.45, 2.75) is 50.7 Å². The van der Waals surface area contributed by atoms with Gasteiger partial charge in [0.1, 0.15) is 5.60 Å². The second-order valence-electron chi connectivity index (χ2n) is 6.75. The summed E-state index contributed by atoms with van der Waals surface area (Å²) in [7, 11) is 0. The lowest BCUT2D eigenvalue weighted by molar-refractivity contribution is -0.0373. The molecule has 0 radical (unpaired) electrons. The largest absolute Gasteiger partial charge is 0.490 e. The molecule has 5 nitrogen and oxygen atoms in total. The van der Waals surface area contributed by atoms with Gasteiger partial charge in [0.25, 0.3) is 0 Å². The molecule has 3 aliphatic rings. The topological polar surface area (TPSA) is 49.0 Å². The Bertz CT molecular complexity index is 616. The first-order valence-corrected chi connectivity index (χ1v) is 8.96. The minimum Gasteiger partial charge on any atom is -0.490 e. The highest BCUT2D eigenvalue weighted by molar-refractivity contribution is 5.68. The second-order valence-corrected chi connectivity index (χ2v) is 6.75. The molecule has 0 bridgehead atoms. The Morgan fingerprint density at radius 2 is 2.12 bits per heavy atom. The molecule has 2 heterocycles. The molecule has 1 saturated carbocycles. The Labute approximate surface area is 142 Å². The van der Waals surface area contributed by atoms with E-state index in [1.165, 1.54) is 12.8 Å². The third kappa shape index (κ3) is 3.10. The van der Waals surface area contributed by atoms with Gasteiger partial charge in [-0.3, -0.25) is 10.3 Å². The predicted octanol–water partition coefficient (Wildman–Crippen LogP) is 3.44. The number of hydroxylamine groups is 1. The van der Waals surface area contributed by atoms with Gasteiger partial charge in [-0.15, -0.1) is 0 Å². The van der Waals surface area contributed by atoms with E-state index in [0.29, 0.717) is 19.3 Å². The molecule has 2 aliphatic heterocycles. The molecular weight excluding hydrogens is 306 g/mol. The fraction of sp³-hybridized carbons (Fsp3) is 0.579. The van der Waals surface area contributed by atoms with Crippen molar-refractivity contribution in [2.75, 3.05) is 19.8 Å². The molecule has 2 fully saturated rings. The maximum atomic E-state index is 6.23. The van der Waals surface area contributed by atoms with Gasteiger partial charge in [-0.05, 0) is 56.9 Å². The van der Waals surface area contributed by atoms with Crippen LogP contribution in [0.25, 0.3) is 5.70 Å². The number of hydrogen-bond donors (Lipinski definition) is 1. The highest BCUT2D eigenvalue weighted by Gasteiger charge is 2.39. The van der Waals surface area contributed by atoms with Gasteiger partial charge in [-0.1, -0.05) is 0 Å². The van der Waals surface area contributed by atoms with Crippen molar-refractivity contribution in [3.8, 4) is 11.5 Å². The molecule has 5 heteroatoms. The lowest BCUT2D eigenvalue weighted by Crippen LogP contribution is -2.29. The van der Waals surface area contributed by atoms with Crippen molar-refractivity contribution in [3.05, 3.63) is 29.8 Å². The van der Waals surface area contributed by atoms with Crippen LogP contribution in [0.1, 0.15) is 44.6 Å². The fourth-order valence-corrected chi connectivity index (χ4v) is 3.61. The summed E-state index contributed by atoms with van der Waals surface area (Å²) in [6.45, 7) is 3.97. The molecule has 1 N–H and O–H groups in total. The van der Waals surface area contributed by atoms with Crippen molar-refractivity contribution < 1.29 is 19.0 Å². The lowest BCUT2D eigenvalue weighted by Gasteiger charge is -2.18. The zero-order valence-electron chi connectivity index (χ0n) is 14.2. The molecule has 4 rings (SSSR count). The average Bonchev–Trinajstić information content (AvgIpc) is 3.33. The maximum absolute atomic E-state index is 6.23. The molecule has 0 amide bonds. The molecule has 1 aromatic rings. The van der Waals surface area contributed by atoms with Crippen LogP contribution in [0.2, 0.25) is 0 Å². The smallest absolute Gasteiger partial charge is 0.162 e. The Morgan fingerprint density at radius 1 is 1.25 bits per heavy atom. The van der Waals surface area contributed by atoms with Gasteiger partial charge in [-0.2, -0.15) is 0 Å². The van der Waals surface area contributed by atoms with Crippen LogP contribution in [0.3, 0.4) is 0 Å². The Kier molecular flexibility index (Phi) is 4.37.